The van der Waals surface area contributed by atoms with Gasteiger partial charge in [0.25, 0.3) is 5.91 Å². The van der Waals surface area contributed by atoms with Gasteiger partial charge in [-0.05, 0) is 18.2 Å². The molecule has 9 heteroatoms. The third-order valence-corrected chi connectivity index (χ3v) is 2.59. The molecule has 0 aliphatic rings. The van der Waals surface area contributed by atoms with E-state index in [9.17, 15) is 18.0 Å². The van der Waals surface area contributed by atoms with Gasteiger partial charge in [0.2, 0.25) is 0 Å². The number of thiocarbonyl (C=S) groups is 1. The number of ether oxygens (including phenoxy) is 1. The van der Waals surface area contributed by atoms with Gasteiger partial charge in [0.15, 0.2) is 6.61 Å². The summed E-state index contributed by atoms with van der Waals surface area (Å²) in [7, 11) is 0. The summed E-state index contributed by atoms with van der Waals surface area (Å²) in [6.07, 6.45) is -4.46. The molecule has 0 bridgehead atoms. The van der Waals surface area contributed by atoms with E-state index in [1.165, 1.54) is 18.2 Å². The first-order valence-electron chi connectivity index (χ1n) is 5.24. The second-order valence-electron chi connectivity index (χ2n) is 3.69. The minimum Gasteiger partial charge on any atom is -0.484 e. The van der Waals surface area contributed by atoms with Gasteiger partial charge in [-0.1, -0.05) is 23.8 Å². The van der Waals surface area contributed by atoms with Crippen LogP contribution in [0.4, 0.5) is 13.2 Å². The highest BCUT2D eigenvalue weighted by Gasteiger charge is 2.27. The van der Waals surface area contributed by atoms with Crippen LogP contribution >= 0.6 is 23.8 Å². The molecule has 4 nitrogen and oxygen atoms in total. The molecule has 0 saturated heterocycles. The zero-order valence-electron chi connectivity index (χ0n) is 9.96. The van der Waals surface area contributed by atoms with E-state index in [0.717, 1.165) is 0 Å². The molecule has 1 amide bonds. The Morgan fingerprint density at radius 1 is 1.45 bits per heavy atom. The maximum Gasteiger partial charge on any atom is 0.405 e. The van der Waals surface area contributed by atoms with E-state index in [0.29, 0.717) is 5.56 Å². The van der Waals surface area contributed by atoms with E-state index >= 15 is 0 Å². The molecule has 0 saturated carbocycles. The highest BCUT2D eigenvalue weighted by molar-refractivity contribution is 7.80. The summed E-state index contributed by atoms with van der Waals surface area (Å²) in [5, 5.41) is 1.90. The van der Waals surface area contributed by atoms with Crippen LogP contribution in [0, 0.1) is 0 Å². The van der Waals surface area contributed by atoms with Gasteiger partial charge >= 0.3 is 6.18 Å². The molecule has 1 aromatic rings. The van der Waals surface area contributed by atoms with Crippen LogP contribution in [0.5, 0.6) is 5.75 Å². The van der Waals surface area contributed by atoms with Crippen LogP contribution in [0.1, 0.15) is 5.56 Å². The van der Waals surface area contributed by atoms with Gasteiger partial charge in [-0.15, -0.1) is 0 Å². The zero-order valence-corrected chi connectivity index (χ0v) is 11.5. The molecule has 3 N–H and O–H groups in total. The third-order valence-electron chi connectivity index (χ3n) is 2.06. The van der Waals surface area contributed by atoms with Crippen molar-refractivity contribution >= 4 is 34.7 Å². The van der Waals surface area contributed by atoms with Gasteiger partial charge in [-0.3, -0.25) is 4.79 Å². The molecule has 0 radical (unpaired) electrons. The van der Waals surface area contributed by atoms with Gasteiger partial charge in [0.1, 0.15) is 17.3 Å². The van der Waals surface area contributed by atoms with Crippen molar-refractivity contribution in [3.05, 3.63) is 28.8 Å². The summed E-state index contributed by atoms with van der Waals surface area (Å²) >= 11 is 10.6. The lowest BCUT2D eigenvalue weighted by molar-refractivity contribution is -0.139. The standard InChI is InChI=1S/C11H10ClF3N2O2S/c12-8-3-6(1-2-7(8)10(16)20)19-4-9(18)17-5-11(13,14)15/h1-3H,4-5H2,(H2,16,20)(H,17,18). The Kier molecular flexibility index (Phi) is 5.58. The lowest BCUT2D eigenvalue weighted by Gasteiger charge is -2.10. The molecular weight excluding hydrogens is 317 g/mol. The molecule has 0 aliphatic heterocycles. The van der Waals surface area contributed by atoms with E-state index < -0.39 is 25.2 Å². The Morgan fingerprint density at radius 2 is 2.10 bits per heavy atom. The summed E-state index contributed by atoms with van der Waals surface area (Å²) in [5.41, 5.74) is 5.84. The van der Waals surface area contributed by atoms with Crippen molar-refractivity contribution in [1.29, 1.82) is 0 Å². The van der Waals surface area contributed by atoms with Crippen molar-refractivity contribution in [3.63, 3.8) is 0 Å². The molecule has 1 aromatic carbocycles. The van der Waals surface area contributed by atoms with Gasteiger partial charge in [0.05, 0.1) is 5.02 Å². The van der Waals surface area contributed by atoms with Crippen molar-refractivity contribution in [2.24, 2.45) is 5.73 Å². The zero-order chi connectivity index (χ0) is 15.3. The summed E-state index contributed by atoms with van der Waals surface area (Å²) in [5.74, 6) is -0.672. The van der Waals surface area contributed by atoms with Crippen molar-refractivity contribution in [2.75, 3.05) is 13.2 Å². The topological polar surface area (TPSA) is 64.3 Å². The third kappa shape index (κ3) is 5.62. The second-order valence-corrected chi connectivity index (χ2v) is 4.53. The first-order valence-corrected chi connectivity index (χ1v) is 6.03. The first-order chi connectivity index (χ1) is 9.19. The van der Waals surface area contributed by atoms with Crippen LogP contribution in [0.25, 0.3) is 0 Å². The average Bonchev–Trinajstić information content (AvgIpc) is 2.32. The quantitative estimate of drug-likeness (QED) is 0.813. The number of hydrogen-bond acceptors (Lipinski definition) is 3. The van der Waals surface area contributed by atoms with E-state index in [1.807, 2.05) is 0 Å². The predicted molar refractivity (Wildman–Crippen MR) is 71.9 cm³/mol. The Morgan fingerprint density at radius 3 is 2.60 bits per heavy atom. The van der Waals surface area contributed by atoms with Gasteiger partial charge in [0, 0.05) is 5.56 Å². The molecule has 0 aromatic heterocycles. The fourth-order valence-electron chi connectivity index (χ4n) is 1.18. The minimum atomic E-state index is -4.46. The van der Waals surface area contributed by atoms with E-state index in [-0.39, 0.29) is 15.8 Å². The lowest BCUT2D eigenvalue weighted by Crippen LogP contribution is -2.36. The number of halogens is 4. The number of amides is 1. The SMILES string of the molecule is NC(=S)c1ccc(OCC(=O)NCC(F)(F)F)cc1Cl. The number of carbonyl (C=O) groups excluding carboxylic acids is 1. The molecular formula is C11H10ClF3N2O2S. The molecule has 0 spiro atoms. The van der Waals surface area contributed by atoms with Crippen LogP contribution in [0.15, 0.2) is 18.2 Å². The van der Waals surface area contributed by atoms with Gasteiger partial charge in [-0.25, -0.2) is 0 Å². The lowest BCUT2D eigenvalue weighted by atomic mass is 10.2. The number of alkyl halides is 3. The highest BCUT2D eigenvalue weighted by Crippen LogP contribution is 2.22. The molecule has 1 rings (SSSR count). The van der Waals surface area contributed by atoms with Crippen molar-refractivity contribution in [3.8, 4) is 5.75 Å². The molecule has 0 atom stereocenters. The Balaban J connectivity index is 2.52. The van der Waals surface area contributed by atoms with Crippen LogP contribution in [-0.4, -0.2) is 30.2 Å². The Bertz CT molecular complexity index is 523. The molecule has 0 unspecified atom stereocenters. The van der Waals surface area contributed by atoms with E-state index in [1.54, 1.807) is 5.32 Å². The number of carbonyl (C=O) groups is 1. The largest absolute Gasteiger partial charge is 0.484 e. The van der Waals surface area contributed by atoms with Crippen molar-refractivity contribution < 1.29 is 22.7 Å². The summed E-state index contributed by atoms with van der Waals surface area (Å²) in [6.45, 7) is -1.96. The first kappa shape index (κ1) is 16.5. The Hall–Kier alpha value is -1.54. The normalized spacial score (nSPS) is 11.0. The summed E-state index contributed by atoms with van der Waals surface area (Å²) in [6, 6.07) is 4.32. The van der Waals surface area contributed by atoms with Gasteiger partial charge in [-0.2, -0.15) is 13.2 Å². The molecule has 0 aliphatic carbocycles. The average molecular weight is 327 g/mol. The maximum atomic E-state index is 11.9. The highest BCUT2D eigenvalue weighted by atomic mass is 35.5. The van der Waals surface area contributed by atoms with E-state index in [4.69, 9.17) is 34.3 Å². The minimum absolute atomic E-state index is 0.101. The van der Waals surface area contributed by atoms with E-state index in [2.05, 4.69) is 0 Å². The van der Waals surface area contributed by atoms with Crippen LogP contribution in [-0.2, 0) is 4.79 Å². The Labute approximate surface area is 123 Å². The number of rotatable bonds is 5. The predicted octanol–water partition coefficient (Wildman–Crippen LogP) is 2.03. The number of hydrogen-bond donors (Lipinski definition) is 2. The van der Waals surface area contributed by atoms with Gasteiger partial charge < -0.3 is 15.8 Å². The molecule has 0 fully saturated rings. The van der Waals surface area contributed by atoms with Crippen LogP contribution in [0.2, 0.25) is 5.02 Å². The van der Waals surface area contributed by atoms with Crippen molar-refractivity contribution in [1.82, 2.24) is 5.32 Å². The summed E-state index contributed by atoms with van der Waals surface area (Å²) in [4.78, 5) is 11.2. The second kappa shape index (κ2) is 6.76. The fourth-order valence-corrected chi connectivity index (χ4v) is 1.69. The number of nitrogens with one attached hydrogen (secondary N) is 1. The van der Waals surface area contributed by atoms with Crippen LogP contribution in [0.3, 0.4) is 0 Å². The molecule has 110 valence electrons. The monoisotopic (exact) mass is 326 g/mol. The molecule has 20 heavy (non-hydrogen) atoms. The summed E-state index contributed by atoms with van der Waals surface area (Å²) < 4.78 is 40.6. The van der Waals surface area contributed by atoms with Crippen molar-refractivity contribution in [2.45, 2.75) is 6.18 Å². The number of nitrogens with two attached hydrogens (primary N) is 1. The maximum absolute atomic E-state index is 11.9. The van der Waals surface area contributed by atoms with Crippen LogP contribution < -0.4 is 15.8 Å². The molecule has 0 heterocycles. The fraction of sp³-hybridized carbons (Fsp3) is 0.273. The number of benzene rings is 1. The smallest absolute Gasteiger partial charge is 0.405 e.